The minimum absolute atomic E-state index is 0.0959. The van der Waals surface area contributed by atoms with E-state index in [4.69, 9.17) is 0 Å². The van der Waals surface area contributed by atoms with Gasteiger partial charge in [-0.3, -0.25) is 0 Å². The zero-order valence-corrected chi connectivity index (χ0v) is 12.6. The van der Waals surface area contributed by atoms with E-state index in [1.165, 1.54) is 17.2 Å². The Balaban J connectivity index is 1.54. The van der Waals surface area contributed by atoms with Gasteiger partial charge in [0.25, 0.3) is 0 Å². The molecule has 2 N–H and O–H groups in total. The van der Waals surface area contributed by atoms with Crippen molar-refractivity contribution in [2.75, 3.05) is 34.8 Å². The van der Waals surface area contributed by atoms with Gasteiger partial charge in [0.1, 0.15) is 0 Å². The summed E-state index contributed by atoms with van der Waals surface area (Å²) in [6.07, 6.45) is 1.10. The van der Waals surface area contributed by atoms with Crippen LogP contribution in [0.3, 0.4) is 0 Å². The van der Waals surface area contributed by atoms with Gasteiger partial charge < -0.3 is 15.5 Å². The van der Waals surface area contributed by atoms with Gasteiger partial charge in [0.2, 0.25) is 0 Å². The van der Waals surface area contributed by atoms with E-state index in [9.17, 15) is 4.79 Å². The Morgan fingerprint density at radius 3 is 2.50 bits per heavy atom. The molecule has 2 unspecified atom stereocenters. The van der Waals surface area contributed by atoms with Gasteiger partial charge in [0, 0.05) is 42.0 Å². The number of urea groups is 1. The number of hydrogen-bond acceptors (Lipinski definition) is 3. The fourth-order valence-corrected chi connectivity index (χ4v) is 3.34. The molecule has 0 bridgehead atoms. The Morgan fingerprint density at radius 2 is 1.90 bits per heavy atom. The number of anilines is 2. The highest BCUT2D eigenvalue weighted by atomic mass is 32.2. The summed E-state index contributed by atoms with van der Waals surface area (Å²) in [4.78, 5) is 14.2. The molecule has 5 heteroatoms. The highest BCUT2D eigenvalue weighted by Gasteiger charge is 2.33. The van der Waals surface area contributed by atoms with Crippen molar-refractivity contribution in [3.05, 3.63) is 24.3 Å². The van der Waals surface area contributed by atoms with Crippen LogP contribution in [-0.4, -0.2) is 36.7 Å². The molecule has 1 aliphatic heterocycles. The standard InChI is InChI=1S/C15H21N3OS/c1-11-10-14(11)17-15(19)16-12-2-4-13(5-3-12)18-6-8-20-9-7-18/h2-5,11,14H,6-10H2,1H3,(H2,16,17,19). The summed E-state index contributed by atoms with van der Waals surface area (Å²) in [6.45, 7) is 4.37. The second kappa shape index (κ2) is 5.95. The molecule has 108 valence electrons. The minimum Gasteiger partial charge on any atom is -0.370 e. The monoisotopic (exact) mass is 291 g/mol. The molecule has 4 nitrogen and oxygen atoms in total. The summed E-state index contributed by atoms with van der Waals surface area (Å²) < 4.78 is 0. The van der Waals surface area contributed by atoms with Crippen LogP contribution >= 0.6 is 11.8 Å². The Hall–Kier alpha value is -1.36. The average molecular weight is 291 g/mol. The largest absolute Gasteiger partial charge is 0.370 e. The van der Waals surface area contributed by atoms with E-state index >= 15 is 0 Å². The Morgan fingerprint density at radius 1 is 1.25 bits per heavy atom. The predicted molar refractivity (Wildman–Crippen MR) is 85.7 cm³/mol. The molecule has 20 heavy (non-hydrogen) atoms. The van der Waals surface area contributed by atoms with Crippen molar-refractivity contribution in [3.63, 3.8) is 0 Å². The van der Waals surface area contributed by atoms with E-state index in [-0.39, 0.29) is 6.03 Å². The molecule has 0 spiro atoms. The minimum atomic E-state index is -0.0959. The number of benzene rings is 1. The fourth-order valence-electron chi connectivity index (χ4n) is 2.44. The highest BCUT2D eigenvalue weighted by molar-refractivity contribution is 7.99. The topological polar surface area (TPSA) is 44.4 Å². The zero-order chi connectivity index (χ0) is 13.9. The van der Waals surface area contributed by atoms with Crippen LogP contribution in [0.1, 0.15) is 13.3 Å². The van der Waals surface area contributed by atoms with Crippen LogP contribution < -0.4 is 15.5 Å². The van der Waals surface area contributed by atoms with Gasteiger partial charge in [-0.05, 0) is 36.6 Å². The molecular formula is C15H21N3OS. The summed E-state index contributed by atoms with van der Waals surface area (Å²) in [7, 11) is 0. The number of rotatable bonds is 3. The van der Waals surface area contributed by atoms with Gasteiger partial charge in [0.05, 0.1) is 0 Å². The number of nitrogens with zero attached hydrogens (tertiary/aromatic N) is 1. The lowest BCUT2D eigenvalue weighted by atomic mass is 10.2. The van der Waals surface area contributed by atoms with Gasteiger partial charge in [-0.15, -0.1) is 0 Å². The van der Waals surface area contributed by atoms with Crippen LogP contribution in [0.4, 0.5) is 16.2 Å². The molecule has 1 saturated carbocycles. The van der Waals surface area contributed by atoms with Crippen molar-refractivity contribution in [2.45, 2.75) is 19.4 Å². The molecule has 1 saturated heterocycles. The van der Waals surface area contributed by atoms with E-state index in [2.05, 4.69) is 34.6 Å². The first-order chi connectivity index (χ1) is 9.72. The summed E-state index contributed by atoms with van der Waals surface area (Å²) in [5.41, 5.74) is 2.10. The molecule has 3 rings (SSSR count). The van der Waals surface area contributed by atoms with Crippen LogP contribution in [0.2, 0.25) is 0 Å². The third-order valence-electron chi connectivity index (χ3n) is 3.93. The predicted octanol–water partition coefficient (Wildman–Crippen LogP) is 2.77. The maximum absolute atomic E-state index is 11.8. The number of carbonyl (C=O) groups is 1. The molecule has 2 fully saturated rings. The molecule has 0 aromatic heterocycles. The molecule has 1 aliphatic carbocycles. The third kappa shape index (κ3) is 3.39. The van der Waals surface area contributed by atoms with Crippen LogP contribution in [0, 0.1) is 5.92 Å². The van der Waals surface area contributed by atoms with E-state index < -0.39 is 0 Å². The van der Waals surface area contributed by atoms with Gasteiger partial charge in [-0.2, -0.15) is 11.8 Å². The molecule has 1 aromatic carbocycles. The lowest BCUT2D eigenvalue weighted by Crippen LogP contribution is -2.32. The third-order valence-corrected chi connectivity index (χ3v) is 4.87. The van der Waals surface area contributed by atoms with Gasteiger partial charge in [-0.25, -0.2) is 4.79 Å². The maximum atomic E-state index is 11.8. The van der Waals surface area contributed by atoms with Gasteiger partial charge >= 0.3 is 6.03 Å². The number of carbonyl (C=O) groups excluding carboxylic acids is 1. The van der Waals surface area contributed by atoms with Crippen LogP contribution in [0.15, 0.2) is 24.3 Å². The van der Waals surface area contributed by atoms with Gasteiger partial charge in [0.15, 0.2) is 0 Å². The van der Waals surface area contributed by atoms with E-state index in [1.807, 2.05) is 23.9 Å². The Bertz CT molecular complexity index is 471. The van der Waals surface area contributed by atoms with E-state index in [1.54, 1.807) is 0 Å². The second-order valence-electron chi connectivity index (χ2n) is 5.56. The lowest BCUT2D eigenvalue weighted by molar-refractivity contribution is 0.251. The number of thioether (sulfide) groups is 1. The Labute approximate surface area is 124 Å². The molecule has 1 aromatic rings. The van der Waals surface area contributed by atoms with E-state index in [0.717, 1.165) is 25.2 Å². The summed E-state index contributed by atoms with van der Waals surface area (Å²) in [5.74, 6) is 3.02. The smallest absolute Gasteiger partial charge is 0.319 e. The zero-order valence-electron chi connectivity index (χ0n) is 11.8. The summed E-state index contributed by atoms with van der Waals surface area (Å²) in [6, 6.07) is 8.40. The first-order valence-corrected chi connectivity index (χ1v) is 8.38. The van der Waals surface area contributed by atoms with Crippen molar-refractivity contribution in [1.82, 2.24) is 5.32 Å². The van der Waals surface area contributed by atoms with Crippen molar-refractivity contribution in [3.8, 4) is 0 Å². The second-order valence-corrected chi connectivity index (χ2v) is 6.79. The fraction of sp³-hybridized carbons (Fsp3) is 0.533. The first kappa shape index (κ1) is 13.6. The Kier molecular flexibility index (Phi) is 4.05. The van der Waals surface area contributed by atoms with Crippen molar-refractivity contribution in [1.29, 1.82) is 0 Å². The lowest BCUT2D eigenvalue weighted by Gasteiger charge is -2.28. The summed E-state index contributed by atoms with van der Waals surface area (Å²) >= 11 is 2.01. The van der Waals surface area contributed by atoms with Crippen molar-refractivity contribution in [2.24, 2.45) is 5.92 Å². The average Bonchev–Trinajstić information content (AvgIpc) is 3.15. The molecule has 1 heterocycles. The number of nitrogens with one attached hydrogen (secondary N) is 2. The van der Waals surface area contributed by atoms with Crippen LogP contribution in [-0.2, 0) is 0 Å². The number of amides is 2. The number of hydrogen-bond donors (Lipinski definition) is 2. The molecule has 2 atom stereocenters. The van der Waals surface area contributed by atoms with Crippen LogP contribution in [0.25, 0.3) is 0 Å². The van der Waals surface area contributed by atoms with Gasteiger partial charge in [-0.1, -0.05) is 6.92 Å². The molecule has 2 aliphatic rings. The molecule has 2 amide bonds. The maximum Gasteiger partial charge on any atom is 0.319 e. The highest BCUT2D eigenvalue weighted by Crippen LogP contribution is 2.29. The first-order valence-electron chi connectivity index (χ1n) is 7.22. The normalized spacial score (nSPS) is 25.1. The molecular weight excluding hydrogens is 270 g/mol. The van der Waals surface area contributed by atoms with Crippen molar-refractivity contribution < 1.29 is 4.79 Å². The SMILES string of the molecule is CC1CC1NC(=O)Nc1ccc(N2CCSCC2)cc1. The summed E-state index contributed by atoms with van der Waals surface area (Å²) in [5, 5.41) is 5.86. The van der Waals surface area contributed by atoms with Crippen molar-refractivity contribution >= 4 is 29.2 Å². The van der Waals surface area contributed by atoms with E-state index in [0.29, 0.717) is 12.0 Å². The quantitative estimate of drug-likeness (QED) is 0.900. The van der Waals surface area contributed by atoms with Crippen LogP contribution in [0.5, 0.6) is 0 Å². The molecule has 0 radical (unpaired) electrons.